The molecule has 2 aromatic heterocycles. The molecule has 3 N–H and O–H groups in total. The first-order valence-corrected chi connectivity index (χ1v) is 10.3. The molecule has 0 aliphatic carbocycles. The molecule has 0 fully saturated rings. The maximum atomic E-state index is 5.92. The summed E-state index contributed by atoms with van der Waals surface area (Å²) >= 11 is 0. The van der Waals surface area contributed by atoms with Gasteiger partial charge in [0.2, 0.25) is 5.95 Å². The monoisotopic (exact) mass is 422 g/mol. The van der Waals surface area contributed by atoms with Crippen molar-refractivity contribution in [2.24, 2.45) is 0 Å². The first kappa shape index (κ1) is 19.6. The Hall–Kier alpha value is -4.39. The molecule has 2 heterocycles. The van der Waals surface area contributed by atoms with Gasteiger partial charge in [-0.2, -0.15) is 4.98 Å². The average Bonchev–Trinajstić information content (AvgIpc) is 3.25. The van der Waals surface area contributed by atoms with Gasteiger partial charge in [-0.25, -0.2) is 9.97 Å². The summed E-state index contributed by atoms with van der Waals surface area (Å²) in [6.07, 6.45) is 3.50. The van der Waals surface area contributed by atoms with Crippen LogP contribution in [0.2, 0.25) is 0 Å². The number of benzene rings is 3. The molecular formula is C25H22N6O. The Morgan fingerprint density at radius 1 is 0.906 bits per heavy atom. The lowest BCUT2D eigenvalue weighted by Gasteiger charge is -2.14. The SMILES string of the molecule is CC(Nc1nccc(-n2cnc3cc(Oc4ccc(N)cc4)ccc32)n1)c1ccccc1. The smallest absolute Gasteiger partial charge is 0.225 e. The number of hydrogen-bond acceptors (Lipinski definition) is 6. The molecule has 0 saturated carbocycles. The van der Waals surface area contributed by atoms with Crippen molar-refractivity contribution >= 4 is 22.7 Å². The van der Waals surface area contributed by atoms with E-state index >= 15 is 0 Å². The summed E-state index contributed by atoms with van der Waals surface area (Å²) < 4.78 is 7.85. The topological polar surface area (TPSA) is 90.9 Å². The molecule has 3 aromatic carbocycles. The van der Waals surface area contributed by atoms with Crippen molar-refractivity contribution in [1.82, 2.24) is 19.5 Å². The number of nitrogen functional groups attached to an aromatic ring is 1. The van der Waals surface area contributed by atoms with E-state index in [1.807, 2.05) is 71.3 Å². The summed E-state index contributed by atoms with van der Waals surface area (Å²) in [5.41, 5.74) is 9.34. The van der Waals surface area contributed by atoms with Gasteiger partial charge >= 0.3 is 0 Å². The first-order valence-electron chi connectivity index (χ1n) is 10.3. The Balaban J connectivity index is 1.39. The minimum Gasteiger partial charge on any atom is -0.457 e. The minimum absolute atomic E-state index is 0.0824. The van der Waals surface area contributed by atoms with Gasteiger partial charge in [0.15, 0.2) is 0 Å². The predicted molar refractivity (Wildman–Crippen MR) is 126 cm³/mol. The zero-order valence-electron chi connectivity index (χ0n) is 17.5. The van der Waals surface area contributed by atoms with E-state index in [-0.39, 0.29) is 6.04 Å². The number of ether oxygens (including phenoxy) is 1. The van der Waals surface area contributed by atoms with Gasteiger partial charge in [-0.1, -0.05) is 30.3 Å². The fourth-order valence-corrected chi connectivity index (χ4v) is 3.48. The predicted octanol–water partition coefficient (Wildman–Crippen LogP) is 5.36. The molecule has 0 amide bonds. The summed E-state index contributed by atoms with van der Waals surface area (Å²) in [6.45, 7) is 2.08. The van der Waals surface area contributed by atoms with Gasteiger partial charge in [0.1, 0.15) is 23.6 Å². The van der Waals surface area contributed by atoms with Crippen LogP contribution in [0.15, 0.2) is 91.4 Å². The zero-order valence-corrected chi connectivity index (χ0v) is 17.5. The van der Waals surface area contributed by atoms with Crippen LogP contribution in [-0.4, -0.2) is 19.5 Å². The molecule has 0 aliphatic rings. The van der Waals surface area contributed by atoms with Crippen LogP contribution < -0.4 is 15.8 Å². The number of imidazole rings is 1. The van der Waals surface area contributed by atoms with Crippen molar-refractivity contribution in [1.29, 1.82) is 0 Å². The lowest BCUT2D eigenvalue weighted by atomic mass is 10.1. The largest absolute Gasteiger partial charge is 0.457 e. The summed E-state index contributed by atoms with van der Waals surface area (Å²) in [7, 11) is 0. The molecule has 158 valence electrons. The van der Waals surface area contributed by atoms with Crippen molar-refractivity contribution in [3.05, 3.63) is 97.0 Å². The number of fused-ring (bicyclic) bond motifs is 1. The van der Waals surface area contributed by atoms with Crippen molar-refractivity contribution in [3.8, 4) is 17.3 Å². The highest BCUT2D eigenvalue weighted by Gasteiger charge is 2.11. The molecule has 0 spiro atoms. The standard InChI is InChI=1S/C25H22N6O/c1-17(18-5-3-2-4-6-18)29-25-27-14-13-24(30-25)31-16-28-22-15-21(11-12-23(22)31)32-20-9-7-19(26)8-10-20/h2-17H,26H2,1H3,(H,27,29,30). The van der Waals surface area contributed by atoms with Crippen LogP contribution in [0, 0.1) is 0 Å². The number of hydrogen-bond donors (Lipinski definition) is 2. The third-order valence-electron chi connectivity index (χ3n) is 5.17. The van der Waals surface area contributed by atoms with Crippen LogP contribution in [0.4, 0.5) is 11.6 Å². The van der Waals surface area contributed by atoms with Gasteiger partial charge in [-0.15, -0.1) is 0 Å². The normalized spacial score (nSPS) is 11.9. The highest BCUT2D eigenvalue weighted by atomic mass is 16.5. The molecule has 7 heteroatoms. The average molecular weight is 422 g/mol. The Morgan fingerprint density at radius 3 is 2.50 bits per heavy atom. The van der Waals surface area contributed by atoms with E-state index in [2.05, 4.69) is 39.3 Å². The molecule has 0 bridgehead atoms. The molecule has 0 aliphatic heterocycles. The van der Waals surface area contributed by atoms with Crippen LogP contribution in [0.3, 0.4) is 0 Å². The second kappa shape index (κ2) is 8.39. The highest BCUT2D eigenvalue weighted by Crippen LogP contribution is 2.27. The van der Waals surface area contributed by atoms with Crippen LogP contribution in [0.5, 0.6) is 11.5 Å². The van der Waals surface area contributed by atoms with Gasteiger partial charge in [-0.3, -0.25) is 4.57 Å². The fourth-order valence-electron chi connectivity index (χ4n) is 3.48. The Bertz CT molecular complexity index is 1350. The lowest BCUT2D eigenvalue weighted by molar-refractivity contribution is 0.483. The first-order chi connectivity index (χ1) is 15.7. The van der Waals surface area contributed by atoms with E-state index in [4.69, 9.17) is 10.5 Å². The number of nitrogens with two attached hydrogens (primary N) is 1. The van der Waals surface area contributed by atoms with Gasteiger partial charge in [0.25, 0.3) is 0 Å². The number of rotatable bonds is 6. The van der Waals surface area contributed by atoms with Crippen molar-refractivity contribution in [2.75, 3.05) is 11.1 Å². The fraction of sp³-hybridized carbons (Fsp3) is 0.0800. The van der Waals surface area contributed by atoms with Gasteiger partial charge < -0.3 is 15.8 Å². The van der Waals surface area contributed by atoms with E-state index in [0.29, 0.717) is 17.4 Å². The molecular weight excluding hydrogens is 400 g/mol. The summed E-state index contributed by atoms with van der Waals surface area (Å²) in [6, 6.07) is 25.2. The Morgan fingerprint density at radius 2 is 1.69 bits per heavy atom. The maximum Gasteiger partial charge on any atom is 0.225 e. The second-order valence-electron chi connectivity index (χ2n) is 7.45. The van der Waals surface area contributed by atoms with Crippen molar-refractivity contribution in [3.63, 3.8) is 0 Å². The number of aromatic nitrogens is 4. The molecule has 5 aromatic rings. The summed E-state index contributed by atoms with van der Waals surface area (Å²) in [4.78, 5) is 13.6. The Kier molecular flexibility index (Phi) is 5.13. The second-order valence-corrected chi connectivity index (χ2v) is 7.45. The lowest BCUT2D eigenvalue weighted by Crippen LogP contribution is -2.10. The molecule has 7 nitrogen and oxygen atoms in total. The third kappa shape index (κ3) is 4.09. The van der Waals surface area contributed by atoms with Gasteiger partial charge in [0, 0.05) is 18.0 Å². The number of nitrogens with one attached hydrogen (secondary N) is 1. The summed E-state index contributed by atoms with van der Waals surface area (Å²) in [5, 5.41) is 3.36. The van der Waals surface area contributed by atoms with E-state index in [1.54, 1.807) is 12.5 Å². The van der Waals surface area contributed by atoms with E-state index in [0.717, 1.165) is 22.6 Å². The molecule has 32 heavy (non-hydrogen) atoms. The third-order valence-corrected chi connectivity index (χ3v) is 5.17. The van der Waals surface area contributed by atoms with Crippen molar-refractivity contribution < 1.29 is 4.74 Å². The van der Waals surface area contributed by atoms with Crippen LogP contribution in [-0.2, 0) is 0 Å². The van der Waals surface area contributed by atoms with Gasteiger partial charge in [0.05, 0.1) is 17.1 Å². The molecule has 0 saturated heterocycles. The van der Waals surface area contributed by atoms with E-state index < -0.39 is 0 Å². The Labute approximate surface area is 185 Å². The molecule has 0 radical (unpaired) electrons. The zero-order chi connectivity index (χ0) is 21.9. The van der Waals surface area contributed by atoms with E-state index in [9.17, 15) is 0 Å². The quantitative estimate of drug-likeness (QED) is 0.358. The van der Waals surface area contributed by atoms with Gasteiger partial charge in [-0.05, 0) is 55.0 Å². The molecule has 5 rings (SSSR count). The van der Waals surface area contributed by atoms with Crippen LogP contribution >= 0.6 is 0 Å². The van der Waals surface area contributed by atoms with E-state index in [1.165, 1.54) is 5.56 Å². The molecule has 1 unspecified atom stereocenters. The number of anilines is 2. The van der Waals surface area contributed by atoms with Crippen LogP contribution in [0.1, 0.15) is 18.5 Å². The minimum atomic E-state index is 0.0824. The van der Waals surface area contributed by atoms with Crippen LogP contribution in [0.25, 0.3) is 16.9 Å². The highest BCUT2D eigenvalue weighted by molar-refractivity contribution is 5.78. The summed E-state index contributed by atoms with van der Waals surface area (Å²) in [5.74, 6) is 2.72. The van der Waals surface area contributed by atoms with Crippen molar-refractivity contribution in [2.45, 2.75) is 13.0 Å². The number of nitrogens with zero attached hydrogens (tertiary/aromatic N) is 4. The maximum absolute atomic E-state index is 5.92. The molecule has 1 atom stereocenters.